The van der Waals surface area contributed by atoms with Crippen molar-refractivity contribution < 1.29 is 9.53 Å². The maximum Gasteiger partial charge on any atom is 0.161 e. The van der Waals surface area contributed by atoms with Gasteiger partial charge in [0.1, 0.15) is 12.1 Å². The number of rotatable bonds is 3. The van der Waals surface area contributed by atoms with Gasteiger partial charge >= 0.3 is 0 Å². The Morgan fingerprint density at radius 2 is 2.22 bits per heavy atom. The van der Waals surface area contributed by atoms with E-state index in [9.17, 15) is 4.79 Å². The predicted octanol–water partition coefficient (Wildman–Crippen LogP) is 1.51. The van der Waals surface area contributed by atoms with Crippen molar-refractivity contribution in [3.8, 4) is 0 Å². The second-order valence-electron chi connectivity index (χ2n) is 4.68. The van der Waals surface area contributed by atoms with Gasteiger partial charge in [0.15, 0.2) is 5.65 Å². The molecular weight excluding hydrogens is 230 g/mol. The van der Waals surface area contributed by atoms with Gasteiger partial charge in [-0.1, -0.05) is 0 Å². The third-order valence-electron chi connectivity index (χ3n) is 3.45. The highest BCUT2D eigenvalue weighted by Crippen LogP contribution is 2.19. The van der Waals surface area contributed by atoms with Gasteiger partial charge in [-0.2, -0.15) is 0 Å². The first-order chi connectivity index (χ1) is 8.86. The van der Waals surface area contributed by atoms with Gasteiger partial charge in [0, 0.05) is 31.4 Å². The third kappa shape index (κ3) is 2.13. The molecule has 0 radical (unpaired) electrons. The minimum atomic E-state index is 0.622. The molecule has 1 saturated heterocycles. The quantitative estimate of drug-likeness (QED) is 0.769. The van der Waals surface area contributed by atoms with Gasteiger partial charge in [-0.25, -0.2) is 0 Å². The standard InChI is InChI=1S/C13H15N3O2/c17-9-11-1-4-16-12(14-15-13(16)8-11)7-10-2-5-18-6-3-10/h1,4,8-10H,2-3,5-7H2. The molecule has 0 aliphatic carbocycles. The van der Waals surface area contributed by atoms with Crippen LogP contribution in [0.15, 0.2) is 18.3 Å². The van der Waals surface area contributed by atoms with Crippen LogP contribution in [0.2, 0.25) is 0 Å². The van der Waals surface area contributed by atoms with Crippen molar-refractivity contribution in [1.29, 1.82) is 0 Å². The molecule has 3 rings (SSSR count). The van der Waals surface area contributed by atoms with Gasteiger partial charge in [0.25, 0.3) is 0 Å². The molecular formula is C13H15N3O2. The van der Waals surface area contributed by atoms with Gasteiger partial charge in [-0.05, 0) is 30.9 Å². The van der Waals surface area contributed by atoms with Crippen LogP contribution in [0.1, 0.15) is 29.0 Å². The lowest BCUT2D eigenvalue weighted by Crippen LogP contribution is -2.18. The molecule has 2 aromatic heterocycles. The summed E-state index contributed by atoms with van der Waals surface area (Å²) in [6, 6.07) is 3.55. The van der Waals surface area contributed by atoms with Crippen molar-refractivity contribution in [3.63, 3.8) is 0 Å². The first kappa shape index (κ1) is 11.3. The maximum atomic E-state index is 10.7. The predicted molar refractivity (Wildman–Crippen MR) is 65.6 cm³/mol. The molecule has 1 fully saturated rings. The van der Waals surface area contributed by atoms with E-state index in [1.165, 1.54) is 0 Å². The Labute approximate surface area is 105 Å². The summed E-state index contributed by atoms with van der Waals surface area (Å²) in [7, 11) is 0. The molecule has 5 nitrogen and oxygen atoms in total. The highest BCUT2D eigenvalue weighted by atomic mass is 16.5. The summed E-state index contributed by atoms with van der Waals surface area (Å²) in [5.41, 5.74) is 1.37. The number of ether oxygens (including phenoxy) is 1. The van der Waals surface area contributed by atoms with E-state index in [2.05, 4.69) is 10.2 Å². The van der Waals surface area contributed by atoms with E-state index >= 15 is 0 Å². The SMILES string of the molecule is O=Cc1ccn2c(CC3CCOCC3)nnc2c1. The van der Waals surface area contributed by atoms with Crippen LogP contribution in [0.25, 0.3) is 5.65 Å². The van der Waals surface area contributed by atoms with Gasteiger partial charge < -0.3 is 4.74 Å². The zero-order chi connectivity index (χ0) is 12.4. The van der Waals surface area contributed by atoms with Crippen LogP contribution in [-0.2, 0) is 11.2 Å². The van der Waals surface area contributed by atoms with Crippen LogP contribution in [0.5, 0.6) is 0 Å². The highest BCUT2D eigenvalue weighted by Gasteiger charge is 2.17. The zero-order valence-corrected chi connectivity index (χ0v) is 10.1. The lowest BCUT2D eigenvalue weighted by Gasteiger charge is -2.20. The fourth-order valence-electron chi connectivity index (χ4n) is 2.38. The molecule has 2 aromatic rings. The third-order valence-corrected chi connectivity index (χ3v) is 3.45. The molecule has 0 bridgehead atoms. The van der Waals surface area contributed by atoms with Crippen LogP contribution < -0.4 is 0 Å². The van der Waals surface area contributed by atoms with Crippen LogP contribution in [-0.4, -0.2) is 34.1 Å². The maximum absolute atomic E-state index is 10.7. The Morgan fingerprint density at radius 3 is 3.00 bits per heavy atom. The number of nitrogens with zero attached hydrogens (tertiary/aromatic N) is 3. The second kappa shape index (κ2) is 4.86. The second-order valence-corrected chi connectivity index (χ2v) is 4.68. The number of aldehydes is 1. The summed E-state index contributed by atoms with van der Waals surface area (Å²) in [5, 5.41) is 8.34. The van der Waals surface area contributed by atoms with Crippen molar-refractivity contribution in [3.05, 3.63) is 29.7 Å². The van der Waals surface area contributed by atoms with E-state index in [1.807, 2.05) is 10.6 Å². The van der Waals surface area contributed by atoms with Crippen molar-refractivity contribution in [2.75, 3.05) is 13.2 Å². The number of hydrogen-bond acceptors (Lipinski definition) is 4. The van der Waals surface area contributed by atoms with Crippen LogP contribution in [0.3, 0.4) is 0 Å². The molecule has 0 spiro atoms. The minimum absolute atomic E-state index is 0.622. The lowest BCUT2D eigenvalue weighted by molar-refractivity contribution is 0.0659. The first-order valence-electron chi connectivity index (χ1n) is 6.23. The Bertz CT molecular complexity index is 558. The fourth-order valence-corrected chi connectivity index (χ4v) is 2.38. The van der Waals surface area contributed by atoms with Gasteiger partial charge in [-0.15, -0.1) is 10.2 Å². The summed E-state index contributed by atoms with van der Waals surface area (Å²) < 4.78 is 7.32. The topological polar surface area (TPSA) is 56.5 Å². The van der Waals surface area contributed by atoms with Gasteiger partial charge in [0.05, 0.1) is 0 Å². The smallest absolute Gasteiger partial charge is 0.161 e. The molecule has 94 valence electrons. The molecule has 5 heteroatoms. The Morgan fingerprint density at radius 1 is 1.39 bits per heavy atom. The summed E-state index contributed by atoms with van der Waals surface area (Å²) in [6.07, 6.45) is 5.79. The van der Waals surface area contributed by atoms with Crippen LogP contribution in [0, 0.1) is 5.92 Å². The summed E-state index contributed by atoms with van der Waals surface area (Å²) in [6.45, 7) is 1.69. The molecule has 18 heavy (non-hydrogen) atoms. The molecule has 1 aliphatic heterocycles. The lowest BCUT2D eigenvalue weighted by atomic mass is 9.96. The van der Waals surface area contributed by atoms with E-state index in [1.54, 1.807) is 12.1 Å². The zero-order valence-electron chi connectivity index (χ0n) is 10.1. The monoisotopic (exact) mass is 245 g/mol. The summed E-state index contributed by atoms with van der Waals surface area (Å²) in [5.74, 6) is 1.59. The average molecular weight is 245 g/mol. The fraction of sp³-hybridized carbons (Fsp3) is 0.462. The van der Waals surface area contributed by atoms with Crippen molar-refractivity contribution in [1.82, 2.24) is 14.6 Å². The van der Waals surface area contributed by atoms with Crippen LogP contribution >= 0.6 is 0 Å². The van der Waals surface area contributed by atoms with E-state index in [0.717, 1.165) is 50.2 Å². The Hall–Kier alpha value is -1.75. The number of hydrogen-bond donors (Lipinski definition) is 0. The molecule has 0 N–H and O–H groups in total. The molecule has 0 unspecified atom stereocenters. The summed E-state index contributed by atoms with van der Waals surface area (Å²) >= 11 is 0. The molecule has 0 atom stereocenters. The number of pyridine rings is 1. The molecule has 0 amide bonds. The molecule has 0 aromatic carbocycles. The first-order valence-corrected chi connectivity index (χ1v) is 6.23. The van der Waals surface area contributed by atoms with Gasteiger partial charge in [0.2, 0.25) is 0 Å². The van der Waals surface area contributed by atoms with E-state index in [-0.39, 0.29) is 0 Å². The normalized spacial score (nSPS) is 17.1. The summed E-state index contributed by atoms with van der Waals surface area (Å²) in [4.78, 5) is 10.7. The van der Waals surface area contributed by atoms with Crippen molar-refractivity contribution in [2.45, 2.75) is 19.3 Å². The largest absolute Gasteiger partial charge is 0.381 e. The van der Waals surface area contributed by atoms with Gasteiger partial charge in [-0.3, -0.25) is 9.20 Å². The Kier molecular flexibility index (Phi) is 3.06. The molecule has 3 heterocycles. The highest BCUT2D eigenvalue weighted by molar-refractivity contribution is 5.76. The number of carbonyl (C=O) groups excluding carboxylic acids is 1. The average Bonchev–Trinajstić information content (AvgIpc) is 2.82. The van der Waals surface area contributed by atoms with E-state index in [0.29, 0.717) is 11.5 Å². The van der Waals surface area contributed by atoms with Crippen LogP contribution in [0.4, 0.5) is 0 Å². The number of carbonyl (C=O) groups is 1. The number of aromatic nitrogens is 3. The van der Waals surface area contributed by atoms with Crippen molar-refractivity contribution in [2.24, 2.45) is 5.92 Å². The molecule has 0 saturated carbocycles. The minimum Gasteiger partial charge on any atom is -0.381 e. The molecule has 1 aliphatic rings. The number of fused-ring (bicyclic) bond motifs is 1. The Balaban J connectivity index is 1.85. The van der Waals surface area contributed by atoms with Crippen molar-refractivity contribution >= 4 is 11.9 Å². The van der Waals surface area contributed by atoms with E-state index in [4.69, 9.17) is 4.74 Å². The van der Waals surface area contributed by atoms with E-state index < -0.39 is 0 Å².